The van der Waals surface area contributed by atoms with Crippen molar-refractivity contribution < 1.29 is 13.9 Å². The highest BCUT2D eigenvalue weighted by Gasteiger charge is 2.18. The number of aromatic nitrogens is 6. The third kappa shape index (κ3) is 6.36. The Balaban J connectivity index is 1.18. The van der Waals surface area contributed by atoms with Crippen LogP contribution < -0.4 is 9.47 Å². The lowest BCUT2D eigenvalue weighted by Crippen LogP contribution is -2.25. The predicted molar refractivity (Wildman–Crippen MR) is 173 cm³/mol. The largest absolute Gasteiger partial charge is 0.492 e. The summed E-state index contributed by atoms with van der Waals surface area (Å²) in [5.74, 6) is 1.42. The van der Waals surface area contributed by atoms with Crippen molar-refractivity contribution in [3.8, 4) is 45.3 Å². The van der Waals surface area contributed by atoms with Crippen LogP contribution in [-0.2, 0) is 0 Å². The van der Waals surface area contributed by atoms with Gasteiger partial charge in [0.2, 0.25) is 0 Å². The third-order valence-electron chi connectivity index (χ3n) is 8.09. The summed E-state index contributed by atoms with van der Waals surface area (Å²) in [5.41, 5.74) is 6.11. The average Bonchev–Trinajstić information content (AvgIpc) is 3.80. The molecule has 2 aromatic carbocycles. The van der Waals surface area contributed by atoms with E-state index in [0.29, 0.717) is 47.2 Å². The van der Waals surface area contributed by atoms with Crippen molar-refractivity contribution in [1.82, 2.24) is 39.9 Å². The SMILES string of the molecule is CN(C)CCOc1cncc(-c2ccc3[nH]nc(-c4nc5nccc(-c6cc(F)cc(OCCN7CCCC7)c6)c5[nH]4)c3c2)c1. The molecule has 1 aliphatic heterocycles. The van der Waals surface area contributed by atoms with Crippen molar-refractivity contribution in [2.75, 3.05) is 53.5 Å². The molecule has 0 bridgehead atoms. The standard InChI is InChI=1S/C34H35FN8O2/c1-42(2)11-13-45-27-17-24(20-36-21-27)22-5-6-30-29(18-22)32(41-40-30)34-38-31-28(7-8-37-33(31)39-34)23-15-25(35)19-26(16-23)44-14-12-43-9-3-4-10-43/h5-8,15-21H,3-4,9-14H2,1-2H3,(H,40,41)(H,37,38,39). The van der Waals surface area contributed by atoms with E-state index in [1.54, 1.807) is 12.4 Å². The average molecular weight is 607 g/mol. The number of hydrogen-bond acceptors (Lipinski definition) is 8. The maximum absolute atomic E-state index is 14.8. The van der Waals surface area contributed by atoms with Gasteiger partial charge < -0.3 is 19.4 Å². The number of likely N-dealkylation sites (tertiary alicyclic amines) is 1. The van der Waals surface area contributed by atoms with Crippen LogP contribution >= 0.6 is 0 Å². The maximum atomic E-state index is 14.8. The van der Waals surface area contributed by atoms with E-state index in [0.717, 1.165) is 59.5 Å². The van der Waals surface area contributed by atoms with Crippen molar-refractivity contribution in [2.45, 2.75) is 12.8 Å². The Hall–Kier alpha value is -4.87. The number of aromatic amines is 2. The minimum atomic E-state index is -0.360. The van der Waals surface area contributed by atoms with E-state index in [2.05, 4.69) is 41.0 Å². The molecule has 0 radical (unpaired) electrons. The fourth-order valence-electron chi connectivity index (χ4n) is 5.74. The lowest BCUT2D eigenvalue weighted by molar-refractivity contribution is 0.237. The Labute approximate surface area is 260 Å². The van der Waals surface area contributed by atoms with Crippen molar-refractivity contribution in [3.05, 3.63) is 72.9 Å². The summed E-state index contributed by atoms with van der Waals surface area (Å²) in [6, 6.07) is 14.7. The highest BCUT2D eigenvalue weighted by atomic mass is 19.1. The highest BCUT2D eigenvalue weighted by Crippen LogP contribution is 2.34. The summed E-state index contributed by atoms with van der Waals surface area (Å²) in [6.07, 6.45) is 7.68. The molecule has 5 heterocycles. The molecule has 45 heavy (non-hydrogen) atoms. The highest BCUT2D eigenvalue weighted by molar-refractivity contribution is 5.97. The molecule has 11 heteroatoms. The second-order valence-electron chi connectivity index (χ2n) is 11.6. The van der Waals surface area contributed by atoms with Gasteiger partial charge >= 0.3 is 0 Å². The number of nitrogens with zero attached hydrogens (tertiary/aromatic N) is 6. The predicted octanol–water partition coefficient (Wildman–Crippen LogP) is 5.78. The third-order valence-corrected chi connectivity index (χ3v) is 8.09. The van der Waals surface area contributed by atoms with Gasteiger partial charge in [-0.1, -0.05) is 6.07 Å². The van der Waals surface area contributed by atoms with Crippen molar-refractivity contribution in [1.29, 1.82) is 0 Å². The van der Waals surface area contributed by atoms with Crippen LogP contribution in [0.25, 0.3) is 55.8 Å². The van der Waals surface area contributed by atoms with Crippen LogP contribution in [0, 0.1) is 5.82 Å². The van der Waals surface area contributed by atoms with E-state index >= 15 is 0 Å². The number of rotatable bonds is 11. The van der Waals surface area contributed by atoms with Crippen LogP contribution in [0.15, 0.2) is 67.1 Å². The number of nitrogens with one attached hydrogen (secondary N) is 2. The number of imidazole rings is 1. The minimum Gasteiger partial charge on any atom is -0.492 e. The lowest BCUT2D eigenvalue weighted by atomic mass is 10.0. The quantitative estimate of drug-likeness (QED) is 0.191. The lowest BCUT2D eigenvalue weighted by Gasteiger charge is -2.15. The molecule has 0 spiro atoms. The Morgan fingerprint density at radius 2 is 1.76 bits per heavy atom. The van der Waals surface area contributed by atoms with E-state index in [-0.39, 0.29) is 5.82 Å². The van der Waals surface area contributed by atoms with Gasteiger partial charge in [-0.25, -0.2) is 14.4 Å². The van der Waals surface area contributed by atoms with Crippen molar-refractivity contribution >= 4 is 22.1 Å². The molecule has 1 aliphatic rings. The number of pyridine rings is 2. The minimum absolute atomic E-state index is 0.360. The number of likely N-dealkylation sites (N-methyl/N-ethyl adjacent to an activating group) is 1. The number of benzene rings is 2. The van der Waals surface area contributed by atoms with Gasteiger partial charge in [-0.05, 0) is 87.6 Å². The first-order valence-electron chi connectivity index (χ1n) is 15.2. The molecule has 230 valence electrons. The molecule has 1 saturated heterocycles. The van der Waals surface area contributed by atoms with Gasteiger partial charge in [0.25, 0.3) is 0 Å². The molecule has 2 N–H and O–H groups in total. The first-order valence-corrected chi connectivity index (χ1v) is 15.2. The number of ether oxygens (including phenoxy) is 2. The Bertz CT molecular complexity index is 1950. The van der Waals surface area contributed by atoms with Gasteiger partial charge in [-0.3, -0.25) is 15.0 Å². The number of fused-ring (bicyclic) bond motifs is 2. The number of hydrogen-bond donors (Lipinski definition) is 2. The number of halogens is 1. The summed E-state index contributed by atoms with van der Waals surface area (Å²) in [5, 5.41) is 8.60. The zero-order chi connectivity index (χ0) is 30.8. The topological polar surface area (TPSA) is 108 Å². The molecule has 10 nitrogen and oxygen atoms in total. The fourth-order valence-corrected chi connectivity index (χ4v) is 5.74. The van der Waals surface area contributed by atoms with E-state index in [1.807, 2.05) is 50.6 Å². The van der Waals surface area contributed by atoms with Gasteiger partial charge in [0.1, 0.15) is 36.2 Å². The molecular formula is C34H35FN8O2. The maximum Gasteiger partial charge on any atom is 0.178 e. The monoisotopic (exact) mass is 606 g/mol. The van der Waals surface area contributed by atoms with Gasteiger partial charge in [-0.2, -0.15) is 5.10 Å². The van der Waals surface area contributed by atoms with Gasteiger partial charge in [0.15, 0.2) is 11.5 Å². The first-order chi connectivity index (χ1) is 22.0. The summed E-state index contributed by atoms with van der Waals surface area (Å²) < 4.78 is 26.7. The molecule has 1 fully saturated rings. The summed E-state index contributed by atoms with van der Waals surface area (Å²) in [7, 11) is 4.03. The van der Waals surface area contributed by atoms with E-state index < -0.39 is 0 Å². The summed E-state index contributed by atoms with van der Waals surface area (Å²) >= 11 is 0. The molecule has 0 aliphatic carbocycles. The van der Waals surface area contributed by atoms with Gasteiger partial charge in [-0.15, -0.1) is 0 Å². The first kappa shape index (κ1) is 28.9. The second kappa shape index (κ2) is 12.6. The second-order valence-corrected chi connectivity index (χ2v) is 11.6. The molecule has 7 rings (SSSR count). The van der Waals surface area contributed by atoms with Crippen LogP contribution in [0.5, 0.6) is 11.5 Å². The van der Waals surface area contributed by atoms with Gasteiger partial charge in [0, 0.05) is 48.1 Å². The molecule has 4 aromatic heterocycles. The van der Waals surface area contributed by atoms with Crippen LogP contribution in [0.3, 0.4) is 0 Å². The Kier molecular flexibility index (Phi) is 8.10. The van der Waals surface area contributed by atoms with E-state index in [1.165, 1.54) is 25.0 Å². The molecule has 0 unspecified atom stereocenters. The Morgan fingerprint density at radius 1 is 0.911 bits per heavy atom. The molecule has 6 aromatic rings. The fraction of sp³-hybridized carbons (Fsp3) is 0.294. The zero-order valence-corrected chi connectivity index (χ0v) is 25.4. The molecule has 0 saturated carbocycles. The van der Waals surface area contributed by atoms with Crippen LogP contribution in [0.4, 0.5) is 4.39 Å². The zero-order valence-electron chi connectivity index (χ0n) is 25.4. The Morgan fingerprint density at radius 3 is 2.62 bits per heavy atom. The van der Waals surface area contributed by atoms with E-state index in [4.69, 9.17) is 14.5 Å². The smallest absolute Gasteiger partial charge is 0.178 e. The normalized spacial score (nSPS) is 13.8. The van der Waals surface area contributed by atoms with Gasteiger partial charge in [0.05, 0.1) is 17.2 Å². The summed E-state index contributed by atoms with van der Waals surface area (Å²) in [6.45, 7) is 4.93. The van der Waals surface area contributed by atoms with Crippen LogP contribution in [-0.4, -0.2) is 93.4 Å². The molecule has 0 atom stereocenters. The van der Waals surface area contributed by atoms with Crippen molar-refractivity contribution in [2.24, 2.45) is 0 Å². The molecule has 0 amide bonds. The van der Waals surface area contributed by atoms with Crippen molar-refractivity contribution in [3.63, 3.8) is 0 Å². The molecular weight excluding hydrogens is 571 g/mol. The van der Waals surface area contributed by atoms with Crippen LogP contribution in [0.2, 0.25) is 0 Å². The van der Waals surface area contributed by atoms with E-state index in [9.17, 15) is 4.39 Å². The van der Waals surface area contributed by atoms with Crippen LogP contribution in [0.1, 0.15) is 12.8 Å². The number of H-pyrrole nitrogens is 2. The summed E-state index contributed by atoms with van der Waals surface area (Å²) in [4.78, 5) is 21.5.